The van der Waals surface area contributed by atoms with Gasteiger partial charge in [-0.15, -0.1) is 0 Å². The number of benzene rings is 1. The summed E-state index contributed by atoms with van der Waals surface area (Å²) < 4.78 is 4.71. The van der Waals surface area contributed by atoms with Gasteiger partial charge in [-0.05, 0) is 49.9 Å². The molecule has 7 heteroatoms. The molecule has 0 radical (unpaired) electrons. The van der Waals surface area contributed by atoms with Crippen LogP contribution in [-0.2, 0) is 4.74 Å². The number of hydrogen-bond acceptors (Lipinski definition) is 7. The Kier molecular flexibility index (Phi) is 5.55. The molecule has 0 aliphatic carbocycles. The summed E-state index contributed by atoms with van der Waals surface area (Å²) in [7, 11) is 1.36. The van der Waals surface area contributed by atoms with Crippen LogP contribution in [0.5, 0.6) is 0 Å². The normalized spacial score (nSPS) is 17.0. The quantitative estimate of drug-likeness (QED) is 0.794. The Balaban J connectivity index is 1.82. The fraction of sp³-hybridized carbons (Fsp3) is 0.421. The summed E-state index contributed by atoms with van der Waals surface area (Å²) in [6.45, 7) is 3.16. The molecule has 2 aromatic rings. The number of carbonyl (C=O) groups excluding carboxylic acids is 1. The largest absolute Gasteiger partial charge is 0.465 e. The molecule has 1 saturated heterocycles. The zero-order valence-corrected chi connectivity index (χ0v) is 15.2. The standard InChI is InChI=1S/C19H25N5O2/c1-3-15-6-4-5-11-24(15)18-16(20)17(21-12-22-18)23-14-9-7-13(8-10-14)19(25)26-2/h7-10,12,15H,3-6,11,20H2,1-2H3,(H,21,22,23). The lowest BCUT2D eigenvalue weighted by molar-refractivity contribution is 0.0601. The van der Waals surface area contributed by atoms with Crippen LogP contribution in [0.4, 0.5) is 23.0 Å². The fourth-order valence-electron chi connectivity index (χ4n) is 3.36. The number of carbonyl (C=O) groups is 1. The highest BCUT2D eigenvalue weighted by molar-refractivity contribution is 5.90. The molecule has 1 aliphatic heterocycles. The van der Waals surface area contributed by atoms with Crippen molar-refractivity contribution in [2.45, 2.75) is 38.6 Å². The predicted molar refractivity (Wildman–Crippen MR) is 103 cm³/mol. The summed E-state index contributed by atoms with van der Waals surface area (Å²) in [5, 5.41) is 3.21. The van der Waals surface area contributed by atoms with E-state index in [2.05, 4.69) is 27.1 Å². The van der Waals surface area contributed by atoms with E-state index in [-0.39, 0.29) is 5.97 Å². The maximum Gasteiger partial charge on any atom is 0.337 e. The van der Waals surface area contributed by atoms with Crippen LogP contribution in [0.15, 0.2) is 30.6 Å². The number of nitrogens with zero attached hydrogens (tertiary/aromatic N) is 3. The lowest BCUT2D eigenvalue weighted by Crippen LogP contribution is -2.40. The summed E-state index contributed by atoms with van der Waals surface area (Å²) in [5.41, 5.74) is 8.21. The van der Waals surface area contributed by atoms with Gasteiger partial charge in [0.2, 0.25) is 0 Å². The van der Waals surface area contributed by atoms with Crippen LogP contribution in [0.25, 0.3) is 0 Å². The van der Waals surface area contributed by atoms with Crippen LogP contribution in [0, 0.1) is 0 Å². The third-order valence-electron chi connectivity index (χ3n) is 4.80. The molecule has 0 spiro atoms. The Bertz CT molecular complexity index is 763. The Morgan fingerprint density at radius 2 is 2.08 bits per heavy atom. The Labute approximate surface area is 153 Å². The Morgan fingerprint density at radius 3 is 2.77 bits per heavy atom. The second kappa shape index (κ2) is 8.03. The van der Waals surface area contributed by atoms with Crippen molar-refractivity contribution in [3.05, 3.63) is 36.2 Å². The highest BCUT2D eigenvalue weighted by Gasteiger charge is 2.25. The van der Waals surface area contributed by atoms with Crippen LogP contribution in [-0.4, -0.2) is 35.6 Å². The molecule has 26 heavy (non-hydrogen) atoms. The molecule has 1 unspecified atom stereocenters. The predicted octanol–water partition coefficient (Wildman–Crippen LogP) is 3.36. The highest BCUT2D eigenvalue weighted by Crippen LogP contribution is 2.33. The van der Waals surface area contributed by atoms with Crippen molar-refractivity contribution < 1.29 is 9.53 Å². The number of nitrogens with one attached hydrogen (secondary N) is 1. The van der Waals surface area contributed by atoms with Gasteiger partial charge in [-0.1, -0.05) is 6.92 Å². The second-order valence-electron chi connectivity index (χ2n) is 6.40. The SMILES string of the molecule is CCC1CCCCN1c1ncnc(Nc2ccc(C(=O)OC)cc2)c1N. The number of anilines is 4. The lowest BCUT2D eigenvalue weighted by atomic mass is 10.00. The van der Waals surface area contributed by atoms with Crippen LogP contribution in [0.2, 0.25) is 0 Å². The van der Waals surface area contributed by atoms with Gasteiger partial charge < -0.3 is 20.7 Å². The van der Waals surface area contributed by atoms with E-state index >= 15 is 0 Å². The molecule has 0 saturated carbocycles. The molecule has 0 amide bonds. The van der Waals surface area contributed by atoms with Gasteiger partial charge in [0, 0.05) is 18.3 Å². The van der Waals surface area contributed by atoms with Gasteiger partial charge in [-0.25, -0.2) is 14.8 Å². The smallest absolute Gasteiger partial charge is 0.337 e. The van der Waals surface area contributed by atoms with Gasteiger partial charge in [0.15, 0.2) is 11.6 Å². The van der Waals surface area contributed by atoms with Crippen molar-refractivity contribution in [3.8, 4) is 0 Å². The number of ether oxygens (including phenoxy) is 1. The molecular formula is C19H25N5O2. The summed E-state index contributed by atoms with van der Waals surface area (Å²) in [5.74, 6) is 0.998. The Hall–Kier alpha value is -2.83. The minimum atomic E-state index is -0.365. The summed E-state index contributed by atoms with van der Waals surface area (Å²) >= 11 is 0. The van der Waals surface area contributed by atoms with Crippen LogP contribution < -0.4 is 16.0 Å². The molecule has 3 rings (SSSR count). The number of esters is 1. The number of nitrogens with two attached hydrogens (primary N) is 1. The number of piperidine rings is 1. The van der Waals surface area contributed by atoms with Gasteiger partial charge in [0.05, 0.1) is 12.7 Å². The maximum absolute atomic E-state index is 11.5. The van der Waals surface area contributed by atoms with Crippen LogP contribution in [0.1, 0.15) is 43.0 Å². The summed E-state index contributed by atoms with van der Waals surface area (Å²) in [6, 6.07) is 7.45. The first-order chi connectivity index (χ1) is 12.6. The van der Waals surface area contributed by atoms with E-state index in [0.29, 0.717) is 23.1 Å². The fourth-order valence-corrected chi connectivity index (χ4v) is 3.36. The lowest BCUT2D eigenvalue weighted by Gasteiger charge is -2.36. The van der Waals surface area contributed by atoms with Crippen molar-refractivity contribution in [3.63, 3.8) is 0 Å². The molecular weight excluding hydrogens is 330 g/mol. The minimum absolute atomic E-state index is 0.365. The molecule has 2 heterocycles. The van der Waals surface area contributed by atoms with E-state index in [1.54, 1.807) is 24.3 Å². The first-order valence-electron chi connectivity index (χ1n) is 8.96. The third-order valence-corrected chi connectivity index (χ3v) is 4.80. The summed E-state index contributed by atoms with van der Waals surface area (Å²) in [4.78, 5) is 22.6. The molecule has 138 valence electrons. The molecule has 7 nitrogen and oxygen atoms in total. The number of rotatable bonds is 5. The molecule has 3 N–H and O–H groups in total. The highest BCUT2D eigenvalue weighted by atomic mass is 16.5. The van der Waals surface area contributed by atoms with Gasteiger partial charge in [0.1, 0.15) is 12.0 Å². The van der Waals surface area contributed by atoms with Crippen molar-refractivity contribution in [1.29, 1.82) is 0 Å². The monoisotopic (exact) mass is 355 g/mol. The second-order valence-corrected chi connectivity index (χ2v) is 6.40. The molecule has 1 atom stereocenters. The first-order valence-corrected chi connectivity index (χ1v) is 8.96. The number of methoxy groups -OCH3 is 1. The minimum Gasteiger partial charge on any atom is -0.465 e. The van der Waals surface area contributed by atoms with E-state index in [1.165, 1.54) is 19.9 Å². The van der Waals surface area contributed by atoms with E-state index < -0.39 is 0 Å². The van der Waals surface area contributed by atoms with E-state index in [4.69, 9.17) is 10.5 Å². The molecule has 1 aromatic carbocycles. The molecule has 1 fully saturated rings. The number of hydrogen-bond donors (Lipinski definition) is 2. The number of aromatic nitrogens is 2. The average molecular weight is 355 g/mol. The zero-order chi connectivity index (χ0) is 18.5. The summed E-state index contributed by atoms with van der Waals surface area (Å²) in [6.07, 6.45) is 6.17. The van der Waals surface area contributed by atoms with Gasteiger partial charge >= 0.3 is 5.97 Å². The molecule has 0 bridgehead atoms. The van der Waals surface area contributed by atoms with Crippen LogP contribution in [0.3, 0.4) is 0 Å². The van der Waals surface area contributed by atoms with E-state index in [9.17, 15) is 4.79 Å². The average Bonchev–Trinajstić information content (AvgIpc) is 2.69. The topological polar surface area (TPSA) is 93.4 Å². The third kappa shape index (κ3) is 3.71. The number of nitrogen functional groups attached to an aromatic ring is 1. The van der Waals surface area contributed by atoms with Crippen molar-refractivity contribution in [2.24, 2.45) is 0 Å². The molecule has 1 aliphatic rings. The first kappa shape index (κ1) is 18.0. The van der Waals surface area contributed by atoms with Crippen molar-refractivity contribution in [2.75, 3.05) is 29.6 Å². The van der Waals surface area contributed by atoms with Gasteiger partial charge in [0.25, 0.3) is 0 Å². The van der Waals surface area contributed by atoms with Crippen molar-refractivity contribution >= 4 is 29.0 Å². The molecule has 1 aromatic heterocycles. The van der Waals surface area contributed by atoms with E-state index in [0.717, 1.165) is 37.3 Å². The van der Waals surface area contributed by atoms with E-state index in [1.807, 2.05) is 0 Å². The van der Waals surface area contributed by atoms with Gasteiger partial charge in [-0.3, -0.25) is 0 Å². The zero-order valence-electron chi connectivity index (χ0n) is 15.2. The maximum atomic E-state index is 11.5. The Morgan fingerprint density at radius 1 is 1.31 bits per heavy atom. The van der Waals surface area contributed by atoms with Crippen LogP contribution >= 0.6 is 0 Å². The van der Waals surface area contributed by atoms with Gasteiger partial charge in [-0.2, -0.15) is 0 Å². The van der Waals surface area contributed by atoms with Crippen molar-refractivity contribution in [1.82, 2.24) is 9.97 Å².